The molecule has 1 aromatic carbocycles. The smallest absolute Gasteiger partial charge is 0.147 e. The fourth-order valence-electron chi connectivity index (χ4n) is 3.18. The van der Waals surface area contributed by atoms with Crippen molar-refractivity contribution < 1.29 is 4.74 Å². The maximum absolute atomic E-state index is 5.69. The molecule has 0 radical (unpaired) electrons. The summed E-state index contributed by atoms with van der Waals surface area (Å²) < 4.78 is 5.69. The lowest BCUT2D eigenvalue weighted by atomic mass is 10.0. The van der Waals surface area contributed by atoms with E-state index in [4.69, 9.17) is 4.74 Å². The second kappa shape index (κ2) is 9.28. The number of hydrogen-bond acceptors (Lipinski definition) is 4. The Morgan fingerprint density at radius 3 is 2.58 bits per heavy atom. The van der Waals surface area contributed by atoms with Crippen LogP contribution in [-0.2, 0) is 11.2 Å². The highest BCUT2D eigenvalue weighted by Crippen LogP contribution is 2.33. The monoisotopic (exact) mass is 344 g/mol. The van der Waals surface area contributed by atoms with Gasteiger partial charge in [-0.15, -0.1) is 10.2 Å². The van der Waals surface area contributed by atoms with Crippen LogP contribution in [0.3, 0.4) is 0 Å². The number of aryl methyl sites for hydroxylation is 1. The summed E-state index contributed by atoms with van der Waals surface area (Å²) in [5.41, 5.74) is 2.60. The molecule has 1 fully saturated rings. The van der Waals surface area contributed by atoms with E-state index in [-0.39, 0.29) is 6.10 Å². The van der Waals surface area contributed by atoms with Crippen LogP contribution in [-0.4, -0.2) is 16.8 Å². The zero-order valence-electron chi connectivity index (χ0n) is 14.7. The third kappa shape index (κ3) is 4.87. The van der Waals surface area contributed by atoms with E-state index in [1.807, 2.05) is 0 Å². The summed E-state index contributed by atoms with van der Waals surface area (Å²) in [5, 5.41) is 10.7. The first-order chi connectivity index (χ1) is 11.9. The molecule has 0 amide bonds. The third-order valence-corrected chi connectivity index (χ3v) is 5.73. The van der Waals surface area contributed by atoms with Crippen molar-refractivity contribution in [1.29, 1.82) is 0 Å². The Hall–Kier alpha value is -1.26. The fraction of sp³-hybridized carbons (Fsp3) is 0.600. The van der Waals surface area contributed by atoms with E-state index in [1.165, 1.54) is 56.1 Å². The Morgan fingerprint density at radius 2 is 1.83 bits per heavy atom. The maximum atomic E-state index is 5.69. The number of nitrogens with zero attached hydrogens (tertiary/aromatic N) is 2. The zero-order chi connectivity index (χ0) is 16.6. The van der Waals surface area contributed by atoms with Crippen molar-refractivity contribution in [2.75, 3.05) is 6.61 Å². The molecule has 1 unspecified atom stereocenters. The highest BCUT2D eigenvalue weighted by Gasteiger charge is 2.22. The van der Waals surface area contributed by atoms with E-state index in [1.54, 1.807) is 11.3 Å². The van der Waals surface area contributed by atoms with Crippen molar-refractivity contribution in [3.8, 4) is 10.6 Å². The van der Waals surface area contributed by atoms with E-state index < -0.39 is 0 Å². The molecule has 1 aromatic heterocycles. The Balaban J connectivity index is 1.49. The van der Waals surface area contributed by atoms with Gasteiger partial charge in [-0.05, 0) is 31.2 Å². The van der Waals surface area contributed by atoms with Gasteiger partial charge in [0.05, 0.1) is 0 Å². The number of hydrogen-bond donors (Lipinski definition) is 0. The Labute approximate surface area is 149 Å². The number of unbranched alkanes of at least 4 members (excludes halogenated alkanes) is 5. The normalized spacial score (nSPS) is 17.5. The molecule has 1 aliphatic heterocycles. The molecular formula is C20H28N2OS. The maximum Gasteiger partial charge on any atom is 0.147 e. The van der Waals surface area contributed by atoms with Gasteiger partial charge in [-0.3, -0.25) is 0 Å². The van der Waals surface area contributed by atoms with E-state index >= 15 is 0 Å². The van der Waals surface area contributed by atoms with Gasteiger partial charge < -0.3 is 4.74 Å². The molecular weight excluding hydrogens is 316 g/mol. The first-order valence-corrected chi connectivity index (χ1v) is 10.2. The van der Waals surface area contributed by atoms with Crippen molar-refractivity contribution in [3.05, 3.63) is 34.8 Å². The second-order valence-electron chi connectivity index (χ2n) is 6.66. The molecule has 2 heterocycles. The lowest BCUT2D eigenvalue weighted by Crippen LogP contribution is -1.93. The molecule has 0 aliphatic carbocycles. The molecule has 3 rings (SSSR count). The molecule has 4 heteroatoms. The summed E-state index contributed by atoms with van der Waals surface area (Å²) in [5.74, 6) is 0. The molecule has 1 aliphatic rings. The van der Waals surface area contributed by atoms with Crippen molar-refractivity contribution in [3.63, 3.8) is 0 Å². The quantitative estimate of drug-likeness (QED) is 0.526. The van der Waals surface area contributed by atoms with Gasteiger partial charge in [-0.25, -0.2) is 0 Å². The number of ether oxygens (including phenoxy) is 1. The minimum Gasteiger partial charge on any atom is -0.371 e. The number of aromatic nitrogens is 2. The molecule has 1 saturated heterocycles. The van der Waals surface area contributed by atoms with E-state index in [0.29, 0.717) is 0 Å². The summed E-state index contributed by atoms with van der Waals surface area (Å²) in [6.45, 7) is 3.12. The lowest BCUT2D eigenvalue weighted by Gasteiger charge is -2.03. The van der Waals surface area contributed by atoms with E-state index in [9.17, 15) is 0 Å². The third-order valence-electron chi connectivity index (χ3n) is 4.67. The van der Waals surface area contributed by atoms with Gasteiger partial charge in [0.25, 0.3) is 0 Å². The average Bonchev–Trinajstić information content (AvgIpc) is 3.29. The van der Waals surface area contributed by atoms with Crippen LogP contribution >= 0.6 is 11.3 Å². The summed E-state index contributed by atoms with van der Waals surface area (Å²) in [6.07, 6.45) is 11.7. The zero-order valence-corrected chi connectivity index (χ0v) is 15.5. The first kappa shape index (κ1) is 17.6. The van der Waals surface area contributed by atoms with Crippen molar-refractivity contribution >= 4 is 11.3 Å². The molecule has 2 aromatic rings. The van der Waals surface area contributed by atoms with Gasteiger partial charge >= 0.3 is 0 Å². The van der Waals surface area contributed by atoms with Crippen LogP contribution in [0.5, 0.6) is 0 Å². The Kier molecular flexibility index (Phi) is 6.79. The fourth-order valence-corrected chi connectivity index (χ4v) is 4.11. The van der Waals surface area contributed by atoms with Crippen molar-refractivity contribution in [2.24, 2.45) is 0 Å². The molecule has 0 bridgehead atoms. The SMILES string of the molecule is CCCCCCCCc1ccc(-c2nnc(C3CCCO3)s2)cc1. The minimum absolute atomic E-state index is 0.170. The van der Waals surface area contributed by atoms with Crippen LogP contribution in [0.15, 0.2) is 24.3 Å². The first-order valence-electron chi connectivity index (χ1n) is 9.41. The van der Waals surface area contributed by atoms with Gasteiger partial charge in [0.2, 0.25) is 0 Å². The highest BCUT2D eigenvalue weighted by molar-refractivity contribution is 7.14. The predicted octanol–water partition coefficient (Wildman–Crippen LogP) is 5.96. The number of rotatable bonds is 9. The minimum atomic E-state index is 0.170. The second-order valence-corrected chi connectivity index (χ2v) is 7.67. The van der Waals surface area contributed by atoms with Crippen molar-refractivity contribution in [2.45, 2.75) is 70.8 Å². The van der Waals surface area contributed by atoms with Crippen LogP contribution in [0.25, 0.3) is 10.6 Å². The number of benzene rings is 1. The predicted molar refractivity (Wildman–Crippen MR) is 100 cm³/mol. The van der Waals surface area contributed by atoms with Crippen molar-refractivity contribution in [1.82, 2.24) is 10.2 Å². The van der Waals surface area contributed by atoms with Crippen LogP contribution in [0.1, 0.15) is 75.0 Å². The molecule has 3 nitrogen and oxygen atoms in total. The Bertz CT molecular complexity index is 602. The average molecular weight is 345 g/mol. The highest BCUT2D eigenvalue weighted by atomic mass is 32.1. The summed E-state index contributed by atoms with van der Waals surface area (Å²) in [6, 6.07) is 8.86. The lowest BCUT2D eigenvalue weighted by molar-refractivity contribution is 0.111. The summed E-state index contributed by atoms with van der Waals surface area (Å²) in [4.78, 5) is 0. The van der Waals surface area contributed by atoms with E-state index in [0.717, 1.165) is 29.5 Å². The largest absolute Gasteiger partial charge is 0.371 e. The van der Waals surface area contributed by atoms with Gasteiger partial charge in [0.15, 0.2) is 0 Å². The van der Waals surface area contributed by atoms with Gasteiger partial charge in [0, 0.05) is 12.2 Å². The van der Waals surface area contributed by atoms with Gasteiger partial charge in [0.1, 0.15) is 16.1 Å². The van der Waals surface area contributed by atoms with Gasteiger partial charge in [-0.2, -0.15) is 0 Å². The van der Waals surface area contributed by atoms with Crippen LogP contribution < -0.4 is 0 Å². The summed E-state index contributed by atoms with van der Waals surface area (Å²) in [7, 11) is 0. The molecule has 24 heavy (non-hydrogen) atoms. The van der Waals surface area contributed by atoms with Gasteiger partial charge in [-0.1, -0.05) is 74.6 Å². The Morgan fingerprint density at radius 1 is 1.04 bits per heavy atom. The molecule has 130 valence electrons. The molecule has 0 saturated carbocycles. The molecule has 0 spiro atoms. The van der Waals surface area contributed by atoms with Crippen LogP contribution in [0.2, 0.25) is 0 Å². The molecule has 1 atom stereocenters. The standard InChI is InChI=1S/C20H28N2OS/c1-2-3-4-5-6-7-9-16-11-13-17(14-12-16)19-21-22-20(24-19)18-10-8-15-23-18/h11-14,18H,2-10,15H2,1H3. The van der Waals surface area contributed by atoms with Crippen LogP contribution in [0.4, 0.5) is 0 Å². The van der Waals surface area contributed by atoms with Crippen LogP contribution in [0, 0.1) is 0 Å². The van der Waals surface area contributed by atoms with E-state index in [2.05, 4.69) is 41.4 Å². The topological polar surface area (TPSA) is 35.0 Å². The molecule has 0 N–H and O–H groups in total. The summed E-state index contributed by atoms with van der Waals surface area (Å²) >= 11 is 1.67.